The molecule has 3 heteroatoms. The molecule has 0 saturated carbocycles. The van der Waals surface area contributed by atoms with E-state index in [2.05, 4.69) is 11.7 Å². The zero-order valence-corrected chi connectivity index (χ0v) is 10.7. The molecule has 1 N–H and O–H groups in total. The Morgan fingerprint density at radius 1 is 1.12 bits per heavy atom. The number of unbranched alkanes of at least 4 members (excludes halogenated alkanes) is 6. The highest BCUT2D eigenvalue weighted by molar-refractivity contribution is 5.69. The van der Waals surface area contributed by atoms with Crippen LogP contribution in [0.15, 0.2) is 0 Å². The predicted molar refractivity (Wildman–Crippen MR) is 65.2 cm³/mol. The largest absolute Gasteiger partial charge is 0.469 e. The summed E-state index contributed by atoms with van der Waals surface area (Å²) in [5.41, 5.74) is 0. The second-order valence-electron chi connectivity index (χ2n) is 4.34. The Kier molecular flexibility index (Phi) is 10.5. The fraction of sp³-hybridized carbons (Fsp3) is 0.923. The Hall–Kier alpha value is -0.570. The average Bonchev–Trinajstić information content (AvgIpc) is 2.27. The lowest BCUT2D eigenvalue weighted by Crippen LogP contribution is -2.14. The molecule has 16 heavy (non-hydrogen) atoms. The maximum atomic E-state index is 10.8. The molecule has 0 bridgehead atoms. The lowest BCUT2D eigenvalue weighted by atomic mass is 10.1. The molecular weight excluding hydrogens is 204 g/mol. The fourth-order valence-corrected chi connectivity index (χ4v) is 1.71. The van der Waals surface area contributed by atoms with Crippen molar-refractivity contribution in [3.63, 3.8) is 0 Å². The van der Waals surface area contributed by atoms with Gasteiger partial charge in [0.15, 0.2) is 0 Å². The molecule has 0 aliphatic carbocycles. The third-order valence-electron chi connectivity index (χ3n) is 2.77. The molecule has 0 spiro atoms. The van der Waals surface area contributed by atoms with Crippen molar-refractivity contribution in [3.8, 4) is 0 Å². The molecule has 0 radical (unpaired) electrons. The minimum Gasteiger partial charge on any atom is -0.469 e. The van der Waals surface area contributed by atoms with E-state index in [9.17, 15) is 9.90 Å². The molecular formula is C13H26O3. The second-order valence-corrected chi connectivity index (χ2v) is 4.34. The number of hydrogen-bond acceptors (Lipinski definition) is 3. The maximum Gasteiger partial charge on any atom is 0.308 e. The Bertz CT molecular complexity index is 169. The third kappa shape index (κ3) is 9.97. The van der Waals surface area contributed by atoms with Gasteiger partial charge in [0.1, 0.15) is 0 Å². The molecule has 1 atom stereocenters. The van der Waals surface area contributed by atoms with Gasteiger partial charge in [0.05, 0.1) is 19.6 Å². The zero-order valence-electron chi connectivity index (χ0n) is 10.7. The Labute approximate surface area is 99.2 Å². The van der Waals surface area contributed by atoms with Crippen molar-refractivity contribution in [2.75, 3.05) is 7.11 Å². The van der Waals surface area contributed by atoms with Gasteiger partial charge < -0.3 is 9.84 Å². The average molecular weight is 230 g/mol. The van der Waals surface area contributed by atoms with E-state index in [1.54, 1.807) is 0 Å². The van der Waals surface area contributed by atoms with Crippen LogP contribution in [0.2, 0.25) is 0 Å². The number of methoxy groups -OCH3 is 1. The number of hydrogen-bond donors (Lipinski definition) is 1. The van der Waals surface area contributed by atoms with Crippen LogP contribution in [0.3, 0.4) is 0 Å². The maximum absolute atomic E-state index is 10.8. The minimum atomic E-state index is -0.525. The highest BCUT2D eigenvalue weighted by atomic mass is 16.5. The summed E-state index contributed by atoms with van der Waals surface area (Å²) in [4.78, 5) is 10.8. The van der Waals surface area contributed by atoms with Gasteiger partial charge in [-0.3, -0.25) is 4.79 Å². The lowest BCUT2D eigenvalue weighted by Gasteiger charge is -2.08. The Morgan fingerprint density at radius 2 is 1.69 bits per heavy atom. The van der Waals surface area contributed by atoms with Crippen LogP contribution in [-0.2, 0) is 9.53 Å². The highest BCUT2D eigenvalue weighted by Gasteiger charge is 2.09. The fourth-order valence-electron chi connectivity index (χ4n) is 1.71. The van der Waals surface area contributed by atoms with E-state index < -0.39 is 6.10 Å². The van der Waals surface area contributed by atoms with Gasteiger partial charge in [-0.15, -0.1) is 0 Å². The SMILES string of the molecule is CCCCCCCCC[C@H](O)CC(=O)OC. The molecule has 0 unspecified atom stereocenters. The first kappa shape index (κ1) is 15.4. The first-order valence-corrected chi connectivity index (χ1v) is 6.45. The van der Waals surface area contributed by atoms with E-state index in [4.69, 9.17) is 0 Å². The van der Waals surface area contributed by atoms with Gasteiger partial charge in [0, 0.05) is 0 Å². The van der Waals surface area contributed by atoms with E-state index in [-0.39, 0.29) is 12.4 Å². The molecule has 0 fully saturated rings. The van der Waals surface area contributed by atoms with Gasteiger partial charge in [-0.05, 0) is 6.42 Å². The summed E-state index contributed by atoms with van der Waals surface area (Å²) < 4.78 is 4.49. The smallest absolute Gasteiger partial charge is 0.308 e. The molecule has 0 rings (SSSR count). The van der Waals surface area contributed by atoms with E-state index >= 15 is 0 Å². The normalized spacial score (nSPS) is 12.4. The quantitative estimate of drug-likeness (QED) is 0.463. The van der Waals surface area contributed by atoms with Crippen molar-refractivity contribution in [3.05, 3.63) is 0 Å². The molecule has 0 heterocycles. The number of carbonyl (C=O) groups is 1. The van der Waals surface area contributed by atoms with E-state index in [1.807, 2.05) is 0 Å². The molecule has 0 saturated heterocycles. The highest BCUT2D eigenvalue weighted by Crippen LogP contribution is 2.11. The molecule has 0 aromatic rings. The van der Waals surface area contributed by atoms with Crippen molar-refractivity contribution in [1.29, 1.82) is 0 Å². The molecule has 0 aliphatic heterocycles. The van der Waals surface area contributed by atoms with Crippen LogP contribution in [0.4, 0.5) is 0 Å². The number of rotatable bonds is 10. The molecule has 0 aliphatic rings. The van der Waals surface area contributed by atoms with Gasteiger partial charge >= 0.3 is 5.97 Å². The minimum absolute atomic E-state index is 0.131. The van der Waals surface area contributed by atoms with Gasteiger partial charge in [0.2, 0.25) is 0 Å². The summed E-state index contributed by atoms with van der Waals surface area (Å²) in [6, 6.07) is 0. The monoisotopic (exact) mass is 230 g/mol. The predicted octanol–water partition coefficient (Wildman–Crippen LogP) is 3.05. The van der Waals surface area contributed by atoms with Crippen molar-refractivity contribution in [1.82, 2.24) is 0 Å². The summed E-state index contributed by atoms with van der Waals surface area (Å²) in [5.74, 6) is -0.324. The topological polar surface area (TPSA) is 46.5 Å². The van der Waals surface area contributed by atoms with Crippen LogP contribution in [0.25, 0.3) is 0 Å². The summed E-state index contributed by atoms with van der Waals surface area (Å²) in [6.45, 7) is 2.21. The van der Waals surface area contributed by atoms with E-state index in [1.165, 1.54) is 39.2 Å². The van der Waals surface area contributed by atoms with Crippen LogP contribution >= 0.6 is 0 Å². The number of carbonyl (C=O) groups excluding carboxylic acids is 1. The van der Waals surface area contributed by atoms with Gasteiger partial charge in [-0.1, -0.05) is 51.9 Å². The first-order chi connectivity index (χ1) is 7.70. The van der Waals surface area contributed by atoms with Crippen molar-refractivity contribution >= 4 is 5.97 Å². The number of esters is 1. The van der Waals surface area contributed by atoms with Crippen molar-refractivity contribution in [2.45, 2.75) is 70.8 Å². The summed E-state index contributed by atoms with van der Waals surface area (Å²) in [5, 5.41) is 9.49. The van der Waals surface area contributed by atoms with Crippen LogP contribution < -0.4 is 0 Å². The number of aliphatic hydroxyl groups excluding tert-OH is 1. The van der Waals surface area contributed by atoms with Gasteiger partial charge in [-0.2, -0.15) is 0 Å². The van der Waals surface area contributed by atoms with Crippen LogP contribution in [0, 0.1) is 0 Å². The zero-order chi connectivity index (χ0) is 12.2. The first-order valence-electron chi connectivity index (χ1n) is 6.45. The summed E-state index contributed by atoms with van der Waals surface area (Å²) in [7, 11) is 1.35. The molecule has 0 aromatic heterocycles. The molecule has 3 nitrogen and oxygen atoms in total. The van der Waals surface area contributed by atoms with Crippen molar-refractivity contribution in [2.24, 2.45) is 0 Å². The van der Waals surface area contributed by atoms with Crippen LogP contribution in [0.5, 0.6) is 0 Å². The van der Waals surface area contributed by atoms with Gasteiger partial charge in [0.25, 0.3) is 0 Å². The van der Waals surface area contributed by atoms with Crippen LogP contribution in [-0.4, -0.2) is 24.3 Å². The van der Waals surface area contributed by atoms with E-state index in [0.717, 1.165) is 12.8 Å². The second kappa shape index (κ2) is 10.9. The molecule has 96 valence electrons. The molecule has 0 aromatic carbocycles. The number of aliphatic hydroxyl groups is 1. The number of ether oxygens (including phenoxy) is 1. The van der Waals surface area contributed by atoms with Crippen LogP contribution in [0.1, 0.15) is 64.7 Å². The summed E-state index contributed by atoms with van der Waals surface area (Å²) in [6.07, 6.45) is 8.93. The third-order valence-corrected chi connectivity index (χ3v) is 2.77. The summed E-state index contributed by atoms with van der Waals surface area (Å²) >= 11 is 0. The molecule has 0 amide bonds. The standard InChI is InChI=1S/C13H26O3/c1-3-4-5-6-7-8-9-10-12(14)11-13(15)16-2/h12,14H,3-11H2,1-2H3/t12-/m0/s1. The van der Waals surface area contributed by atoms with Crippen molar-refractivity contribution < 1.29 is 14.6 Å². The Balaban J connectivity index is 3.21. The Morgan fingerprint density at radius 3 is 2.25 bits per heavy atom. The lowest BCUT2D eigenvalue weighted by molar-refractivity contribution is -0.142. The van der Waals surface area contributed by atoms with E-state index in [0.29, 0.717) is 6.42 Å². The van der Waals surface area contributed by atoms with Gasteiger partial charge in [-0.25, -0.2) is 0 Å².